The average molecular weight is 220 g/mol. The number of urea groups is 2. The van der Waals surface area contributed by atoms with Gasteiger partial charge in [0.25, 0.3) is 0 Å². The van der Waals surface area contributed by atoms with E-state index < -0.39 is 12.1 Å². The summed E-state index contributed by atoms with van der Waals surface area (Å²) >= 11 is 0.797. The number of nitrogens with one attached hydrogen (secondary N) is 5. The maximum absolute atomic E-state index is 10.5. The van der Waals surface area contributed by atoms with E-state index in [-0.39, 0.29) is 0 Å². The lowest BCUT2D eigenvalue weighted by Gasteiger charge is -2.13. The molecular formula is C3H8N8O2S. The summed E-state index contributed by atoms with van der Waals surface area (Å²) in [6.07, 6.45) is 0. The summed E-state index contributed by atoms with van der Waals surface area (Å²) in [7, 11) is 1.45. The summed E-state index contributed by atoms with van der Waals surface area (Å²) in [6, 6.07) is -1.72. The van der Waals surface area contributed by atoms with Crippen molar-refractivity contribution >= 4 is 24.2 Å². The van der Waals surface area contributed by atoms with Gasteiger partial charge in [-0.05, 0) is 0 Å². The highest BCUT2D eigenvalue weighted by Crippen LogP contribution is 1.94. The predicted molar refractivity (Wildman–Crippen MR) is 45.8 cm³/mol. The molecule has 0 unspecified atom stereocenters. The Balaban J connectivity index is 3.58. The van der Waals surface area contributed by atoms with Crippen LogP contribution in [0.2, 0.25) is 0 Å². The van der Waals surface area contributed by atoms with Crippen molar-refractivity contribution in [2.75, 3.05) is 7.05 Å². The highest BCUT2D eigenvalue weighted by atomic mass is 32.2. The van der Waals surface area contributed by atoms with Crippen molar-refractivity contribution in [2.24, 2.45) is 10.2 Å². The maximum Gasteiger partial charge on any atom is 0.374 e. The van der Waals surface area contributed by atoms with Crippen LogP contribution in [0.1, 0.15) is 0 Å². The van der Waals surface area contributed by atoms with E-state index in [0.717, 1.165) is 16.5 Å². The topological polar surface area (TPSA) is 146 Å². The standard InChI is InChI=1S/C3H8N8O2S/c1-11(9-3(13)7-5)14-10-8-2(12)6-4/h4-5,10H,1H3,(H,8,12)(H,9,13). The van der Waals surface area contributed by atoms with E-state index in [2.05, 4.69) is 20.5 Å². The van der Waals surface area contributed by atoms with Gasteiger partial charge in [0.1, 0.15) is 0 Å². The van der Waals surface area contributed by atoms with Gasteiger partial charge in [0.05, 0.1) is 0 Å². The fourth-order valence-electron chi connectivity index (χ4n) is 0.345. The van der Waals surface area contributed by atoms with Crippen LogP contribution in [0.5, 0.6) is 0 Å². The fraction of sp³-hybridized carbons (Fsp3) is 0.333. The molecule has 10 nitrogen and oxygen atoms in total. The summed E-state index contributed by atoms with van der Waals surface area (Å²) in [6.45, 7) is 0. The molecule has 0 spiro atoms. The first kappa shape index (κ1) is 12.4. The Morgan fingerprint density at radius 1 is 1.29 bits per heavy atom. The number of amides is 4. The molecular weight excluding hydrogens is 212 g/mol. The highest BCUT2D eigenvalue weighted by molar-refractivity contribution is 7.94. The van der Waals surface area contributed by atoms with Crippen molar-refractivity contribution in [2.45, 2.75) is 0 Å². The molecule has 78 valence electrons. The minimum absolute atomic E-state index is 0.797. The third-order valence-electron chi connectivity index (χ3n) is 0.797. The van der Waals surface area contributed by atoms with E-state index in [1.54, 1.807) is 0 Å². The molecule has 0 aliphatic heterocycles. The van der Waals surface area contributed by atoms with Gasteiger partial charge in [-0.25, -0.2) is 9.59 Å². The number of rotatable bonds is 4. The van der Waals surface area contributed by atoms with E-state index in [1.807, 2.05) is 5.43 Å². The van der Waals surface area contributed by atoms with E-state index in [4.69, 9.17) is 11.1 Å². The molecule has 4 amide bonds. The lowest BCUT2D eigenvalue weighted by Crippen LogP contribution is -2.39. The third-order valence-corrected chi connectivity index (χ3v) is 1.36. The van der Waals surface area contributed by atoms with Gasteiger partial charge < -0.3 is 0 Å². The molecule has 0 heterocycles. The highest BCUT2D eigenvalue weighted by Gasteiger charge is 2.03. The number of hydrogen-bond donors (Lipinski definition) is 5. The zero-order valence-corrected chi connectivity index (χ0v) is 7.88. The predicted octanol–water partition coefficient (Wildman–Crippen LogP) is 0.382. The van der Waals surface area contributed by atoms with Gasteiger partial charge in [-0.2, -0.15) is 20.3 Å². The Hall–Kier alpha value is -1.59. The van der Waals surface area contributed by atoms with Crippen LogP contribution < -0.4 is 15.7 Å². The second-order valence-electron chi connectivity index (χ2n) is 1.76. The molecule has 0 saturated heterocycles. The maximum atomic E-state index is 10.5. The second kappa shape index (κ2) is 6.88. The summed E-state index contributed by atoms with van der Waals surface area (Å²) < 4.78 is 1.16. The van der Waals surface area contributed by atoms with Crippen LogP contribution in [0.3, 0.4) is 0 Å². The number of carbonyl (C=O) groups is 2. The third kappa shape index (κ3) is 5.99. The van der Waals surface area contributed by atoms with Gasteiger partial charge in [0.2, 0.25) is 0 Å². The van der Waals surface area contributed by atoms with Gasteiger partial charge in [-0.1, -0.05) is 10.2 Å². The molecule has 5 N–H and O–H groups in total. The average Bonchev–Trinajstić information content (AvgIpc) is 2.17. The van der Waals surface area contributed by atoms with Gasteiger partial charge >= 0.3 is 12.1 Å². The Morgan fingerprint density at radius 3 is 2.36 bits per heavy atom. The van der Waals surface area contributed by atoms with Crippen molar-refractivity contribution in [1.82, 2.24) is 20.1 Å². The SMILES string of the molecule is CN(NC(=O)N=N)SNNC(=O)N=N. The second-order valence-corrected chi connectivity index (χ2v) is 2.70. The van der Waals surface area contributed by atoms with Crippen LogP contribution in [0.25, 0.3) is 0 Å². The van der Waals surface area contributed by atoms with Gasteiger partial charge in [-0.15, -0.1) is 0 Å². The van der Waals surface area contributed by atoms with Crippen molar-refractivity contribution in [3.8, 4) is 0 Å². The normalized spacial score (nSPS) is 9.29. The van der Waals surface area contributed by atoms with Crippen molar-refractivity contribution in [3.63, 3.8) is 0 Å². The van der Waals surface area contributed by atoms with Crippen molar-refractivity contribution in [1.29, 1.82) is 11.1 Å². The molecule has 0 aliphatic rings. The molecule has 0 atom stereocenters. The largest absolute Gasteiger partial charge is 0.374 e. The molecule has 0 fully saturated rings. The molecule has 0 aromatic carbocycles. The number of hydrazine groups is 2. The quantitative estimate of drug-likeness (QED) is 0.264. The molecule has 0 aromatic rings. The molecule has 11 heteroatoms. The Bertz CT molecular complexity index is 243. The minimum atomic E-state index is -0.873. The van der Waals surface area contributed by atoms with Gasteiger partial charge in [0, 0.05) is 19.2 Å². The minimum Gasteiger partial charge on any atom is -0.259 e. The zero-order chi connectivity index (χ0) is 11.0. The van der Waals surface area contributed by atoms with E-state index in [0.29, 0.717) is 0 Å². The van der Waals surface area contributed by atoms with E-state index in [1.165, 1.54) is 7.05 Å². The molecule has 0 rings (SSSR count). The summed E-state index contributed by atoms with van der Waals surface area (Å²) in [5, 5.41) is 5.10. The first-order valence-corrected chi connectivity index (χ1v) is 3.88. The molecule has 0 radical (unpaired) electrons. The first-order chi connectivity index (χ1) is 6.60. The smallest absolute Gasteiger partial charge is 0.259 e. The number of hydrogen-bond acceptors (Lipinski definition) is 7. The van der Waals surface area contributed by atoms with Gasteiger partial charge in [-0.3, -0.25) is 10.9 Å². The summed E-state index contributed by atoms with van der Waals surface area (Å²) in [5.74, 6) is 0. The zero-order valence-electron chi connectivity index (χ0n) is 7.07. The van der Waals surface area contributed by atoms with E-state index in [9.17, 15) is 9.59 Å². The number of carbonyl (C=O) groups excluding carboxylic acids is 2. The summed E-state index contributed by atoms with van der Waals surface area (Å²) in [5.41, 5.74) is 16.7. The van der Waals surface area contributed by atoms with Crippen LogP contribution in [0.15, 0.2) is 10.2 Å². The monoisotopic (exact) mass is 220 g/mol. The van der Waals surface area contributed by atoms with Crippen LogP contribution in [0.4, 0.5) is 9.59 Å². The molecule has 0 saturated carbocycles. The van der Waals surface area contributed by atoms with E-state index >= 15 is 0 Å². The van der Waals surface area contributed by atoms with Crippen molar-refractivity contribution < 1.29 is 9.59 Å². The van der Waals surface area contributed by atoms with Crippen LogP contribution in [0, 0.1) is 11.1 Å². The summed E-state index contributed by atoms with van der Waals surface area (Å²) in [4.78, 5) is 23.1. The Labute approximate surface area is 83.0 Å². The van der Waals surface area contributed by atoms with Crippen LogP contribution in [-0.2, 0) is 0 Å². The fourth-order valence-corrected chi connectivity index (χ4v) is 0.739. The van der Waals surface area contributed by atoms with Crippen LogP contribution >= 0.6 is 12.1 Å². The number of nitrogens with zero attached hydrogens (tertiary/aromatic N) is 3. The van der Waals surface area contributed by atoms with Gasteiger partial charge in [0.15, 0.2) is 0 Å². The molecule has 0 aliphatic carbocycles. The Kier molecular flexibility index (Phi) is 6.09. The molecule has 0 aromatic heterocycles. The first-order valence-electron chi connectivity index (χ1n) is 3.11. The lowest BCUT2D eigenvalue weighted by molar-refractivity contribution is 0.234. The van der Waals surface area contributed by atoms with Crippen LogP contribution in [-0.4, -0.2) is 23.5 Å². The molecule has 0 bridgehead atoms. The lowest BCUT2D eigenvalue weighted by atomic mass is 11.1. The molecule has 14 heavy (non-hydrogen) atoms. The van der Waals surface area contributed by atoms with Crippen molar-refractivity contribution in [3.05, 3.63) is 0 Å². The Morgan fingerprint density at radius 2 is 1.86 bits per heavy atom.